The van der Waals surface area contributed by atoms with Gasteiger partial charge in [0.05, 0.1) is 64.6 Å². The Morgan fingerprint density at radius 1 is 0.500 bits per heavy atom. The number of carbonyl (C=O) groups excluding carboxylic acids is 2. The molecule has 0 aromatic heterocycles. The van der Waals surface area contributed by atoms with Gasteiger partial charge in [0.15, 0.2) is 0 Å². The minimum atomic E-state index is -5.42. The number of rotatable bonds is 8. The second kappa shape index (κ2) is 15.1. The summed E-state index contributed by atoms with van der Waals surface area (Å²) in [6.07, 6.45) is 0.117. The van der Waals surface area contributed by atoms with E-state index in [-0.39, 0.29) is 0 Å². The first-order chi connectivity index (χ1) is 23.5. The molecule has 0 fully saturated rings. The summed E-state index contributed by atoms with van der Waals surface area (Å²) in [7, 11) is 31.5. The average molecular weight is 916 g/mol. The van der Waals surface area contributed by atoms with Crippen LogP contribution in [0.5, 0.6) is 23.0 Å². The zero-order chi connectivity index (χ0) is 36.2. The van der Waals surface area contributed by atoms with E-state index in [1.807, 2.05) is 97.1 Å². The second-order valence-electron chi connectivity index (χ2n) is 11.3. The molecule has 2 aliphatic rings. The molecule has 8 nitrogen and oxygen atoms in total. The summed E-state index contributed by atoms with van der Waals surface area (Å²) in [6.45, 7) is -2.75. The van der Waals surface area contributed by atoms with E-state index in [1.165, 1.54) is 0 Å². The van der Waals surface area contributed by atoms with Gasteiger partial charge < -0.3 is 36.9 Å². The molecule has 2 atom stereocenters. The molecule has 0 amide bonds. The van der Waals surface area contributed by atoms with E-state index < -0.39 is 28.3 Å². The van der Waals surface area contributed by atoms with Gasteiger partial charge in [0.2, 0.25) is 0 Å². The first-order valence-electron chi connectivity index (χ1n) is 15.2. The Bertz CT molecular complexity index is 1700. The molecule has 2 aliphatic heterocycles. The normalized spacial score (nSPS) is 21.7. The van der Waals surface area contributed by atoms with Gasteiger partial charge >= 0.3 is 69.1 Å². The molecule has 50 heavy (non-hydrogen) atoms. The third kappa shape index (κ3) is 11.5. The molecule has 2 heterocycles. The maximum atomic E-state index is 6.70. The zero-order valence-electron chi connectivity index (χ0n) is 27.4. The van der Waals surface area contributed by atoms with Crippen LogP contribution in [0.3, 0.4) is 0 Å². The van der Waals surface area contributed by atoms with Gasteiger partial charge in [0.25, 0.3) is 11.6 Å². The molecule has 0 N–H and O–H groups in total. The number of hydrogen-bond donors (Lipinski definition) is 0. The number of benzene rings is 4. The van der Waals surface area contributed by atoms with Crippen LogP contribution in [0.2, 0.25) is 0 Å². The molecule has 2 unspecified atom stereocenters. The Morgan fingerprint density at radius 3 is 1.02 bits per heavy atom. The van der Waals surface area contributed by atoms with E-state index in [9.17, 15) is 0 Å². The van der Waals surface area contributed by atoms with Crippen LogP contribution in [0.1, 0.15) is 56.0 Å². The van der Waals surface area contributed by atoms with Crippen LogP contribution in [-0.2, 0) is 9.31 Å². The number of hydrogen-bond acceptors (Lipinski definition) is 6. The van der Waals surface area contributed by atoms with Crippen molar-refractivity contribution in [1.29, 1.82) is 0 Å². The van der Waals surface area contributed by atoms with Crippen molar-refractivity contribution >= 4 is 80.6 Å². The monoisotopic (exact) mass is 912 g/mol. The molecule has 0 bridgehead atoms. The minimum absolute atomic E-state index is 0.413. The Hall–Kier alpha value is -2.04. The Morgan fingerprint density at radius 2 is 0.760 bits per heavy atom. The van der Waals surface area contributed by atoms with Gasteiger partial charge in [-0.2, -0.15) is 0 Å². The molecule has 268 valence electrons. The van der Waals surface area contributed by atoms with Crippen LogP contribution < -0.4 is 18.9 Å². The van der Waals surface area contributed by atoms with Gasteiger partial charge in [-0.15, -0.1) is 0 Å². The van der Waals surface area contributed by atoms with Crippen molar-refractivity contribution in [1.82, 2.24) is 0 Å². The van der Waals surface area contributed by atoms with Crippen LogP contribution >= 0.6 is 53.0 Å². The van der Waals surface area contributed by atoms with Crippen molar-refractivity contribution in [3.63, 3.8) is 0 Å². The third-order valence-corrected chi connectivity index (χ3v) is 7.78. The second-order valence-corrected chi connectivity index (χ2v) is 68.2. The standard InChI is InChI=1S/C34H34BO8.6ClH.Sb/c1-36-27-13-5-23(6-14-27)31-21-32(24-7-15-28(37-2)16-8-24)41-35(40-31)42-33(25-9-17-29(38-3)18-10-25)22-34(43-35)26-11-19-30(39-4)20-12-26;;;;;;;/h5-20,31,33H,21-22H2,1-4H3;6*1H;/q+1;;;;;;;+5/p-6. The topological polar surface area (TPSA) is 78.0 Å². The third-order valence-electron chi connectivity index (χ3n) is 7.78. The summed E-state index contributed by atoms with van der Waals surface area (Å²) in [5.74, 6) is 4.41. The van der Waals surface area contributed by atoms with E-state index in [1.54, 1.807) is 28.4 Å². The Labute approximate surface area is 310 Å². The van der Waals surface area contributed by atoms with Gasteiger partial charge in [0.1, 0.15) is 23.0 Å². The Balaban J connectivity index is 0.000000630. The van der Waals surface area contributed by atoms with E-state index in [0.29, 0.717) is 24.4 Å². The van der Waals surface area contributed by atoms with Crippen LogP contribution in [0.4, 0.5) is 0 Å². The van der Waals surface area contributed by atoms with E-state index in [0.717, 1.165) is 45.3 Å². The van der Waals surface area contributed by atoms with E-state index >= 15 is 0 Å². The molecule has 0 saturated carbocycles. The fourth-order valence-corrected chi connectivity index (χ4v) is 5.40. The number of ketones is 2. The zero-order valence-corrected chi connectivity index (χ0v) is 34.5. The molecule has 16 heteroatoms. The van der Waals surface area contributed by atoms with Gasteiger partial charge in [-0.3, -0.25) is 0 Å². The van der Waals surface area contributed by atoms with Crippen molar-refractivity contribution in [3.05, 3.63) is 119 Å². The van der Waals surface area contributed by atoms with Crippen LogP contribution in [-0.4, -0.2) is 56.1 Å². The summed E-state index contributed by atoms with van der Waals surface area (Å²) in [5.41, 5.74) is 3.66. The molecular formula is C34H34BCl6O8Sb. The quantitative estimate of drug-likeness (QED) is 0.129. The number of methoxy groups -OCH3 is 4. The van der Waals surface area contributed by atoms with Crippen molar-refractivity contribution in [2.75, 3.05) is 28.4 Å². The van der Waals surface area contributed by atoms with Crippen molar-refractivity contribution < 1.29 is 36.9 Å². The summed E-state index contributed by atoms with van der Waals surface area (Å²) in [4.78, 5) is 0. The molecular weight excluding hydrogens is 882 g/mol. The van der Waals surface area contributed by atoms with Gasteiger partial charge in [-0.1, -0.05) is 24.3 Å². The molecule has 0 radical (unpaired) electrons. The molecule has 0 aliphatic carbocycles. The van der Waals surface area contributed by atoms with Crippen molar-refractivity contribution in [2.24, 2.45) is 0 Å². The summed E-state index contributed by atoms with van der Waals surface area (Å²) in [5, 5.41) is 0. The van der Waals surface area contributed by atoms with Crippen LogP contribution in [0.25, 0.3) is 0 Å². The maximum absolute atomic E-state index is 6.70. The van der Waals surface area contributed by atoms with E-state index in [2.05, 4.69) is 0 Å². The van der Waals surface area contributed by atoms with E-state index in [4.69, 9.17) is 89.9 Å². The summed E-state index contributed by atoms with van der Waals surface area (Å²) in [6, 6.07) is 31.1. The predicted octanol–water partition coefficient (Wildman–Crippen LogP) is 10.4. The molecule has 4 aromatic rings. The summed E-state index contributed by atoms with van der Waals surface area (Å²) < 4.78 is 48.2. The first-order valence-corrected chi connectivity index (χ1v) is 34.6. The number of halogens is 6. The van der Waals surface area contributed by atoms with Crippen molar-refractivity contribution in [3.8, 4) is 23.0 Å². The Kier molecular flexibility index (Phi) is 11.9. The van der Waals surface area contributed by atoms with Crippen LogP contribution in [0, 0.1) is 0 Å². The van der Waals surface area contributed by atoms with Gasteiger partial charge in [-0.25, -0.2) is 0 Å². The fourth-order valence-electron chi connectivity index (χ4n) is 5.40. The number of ether oxygens (including phenoxy) is 4. The predicted molar refractivity (Wildman–Crippen MR) is 204 cm³/mol. The fraction of sp³-hybridized carbons (Fsp3) is 0.235. The van der Waals surface area contributed by atoms with Gasteiger partial charge in [-0.05, 0) is 83.9 Å². The first kappa shape index (κ1) is 39.2. The molecule has 4 aromatic carbocycles. The molecule has 1 spiro atoms. The average Bonchev–Trinajstić information content (AvgIpc) is 3.10. The summed E-state index contributed by atoms with van der Waals surface area (Å²) >= 11 is 0. The SMILES string of the molecule is COc1ccc(C2=[O+][B-]3(OC(c4ccc(OC)cc4)C2)OC(c2ccc(OC)cc2)CC(c2ccc(OC)cc2)=[O+]3)cc1.[Cl][Sb-]([Cl])([Cl])([Cl])([Cl])[Cl]. The molecule has 0 saturated heterocycles. The van der Waals surface area contributed by atoms with Crippen LogP contribution in [0.15, 0.2) is 97.1 Å². The molecule has 6 rings (SSSR count). The van der Waals surface area contributed by atoms with Crippen molar-refractivity contribution in [2.45, 2.75) is 25.0 Å². The van der Waals surface area contributed by atoms with Gasteiger partial charge in [0, 0.05) is 0 Å².